The number of halogens is 1. The molecule has 2 rings (SSSR count). The zero-order chi connectivity index (χ0) is 13.8. The summed E-state index contributed by atoms with van der Waals surface area (Å²) in [6.45, 7) is 5.52. The fourth-order valence-corrected chi connectivity index (χ4v) is 2.54. The van der Waals surface area contributed by atoms with Crippen molar-refractivity contribution in [3.05, 3.63) is 40.7 Å². The summed E-state index contributed by atoms with van der Waals surface area (Å²) in [5.74, 6) is 0. The Labute approximate surface area is 123 Å². The summed E-state index contributed by atoms with van der Waals surface area (Å²) in [5.41, 5.74) is 3.02. The largest absolute Gasteiger partial charge is 0.379 e. The van der Waals surface area contributed by atoms with Gasteiger partial charge < -0.3 is 5.32 Å². The van der Waals surface area contributed by atoms with Crippen LogP contribution in [0.1, 0.15) is 18.3 Å². The second kappa shape index (κ2) is 6.35. The quantitative estimate of drug-likeness (QED) is 0.839. The molecule has 1 heterocycles. The molecule has 0 saturated carbocycles. The van der Waals surface area contributed by atoms with Crippen molar-refractivity contribution in [2.24, 2.45) is 0 Å². The van der Waals surface area contributed by atoms with Crippen LogP contribution in [0.5, 0.6) is 0 Å². The Hall–Kier alpha value is -1.13. The van der Waals surface area contributed by atoms with Crippen LogP contribution >= 0.6 is 23.4 Å². The minimum Gasteiger partial charge on any atom is -0.379 e. The Morgan fingerprint density at radius 2 is 2.00 bits per heavy atom. The highest BCUT2D eigenvalue weighted by atomic mass is 35.5. The summed E-state index contributed by atoms with van der Waals surface area (Å²) in [6, 6.07) is 8.38. The molecule has 0 aliphatic rings. The van der Waals surface area contributed by atoms with Crippen molar-refractivity contribution in [3.63, 3.8) is 0 Å². The van der Waals surface area contributed by atoms with Gasteiger partial charge in [0, 0.05) is 17.1 Å². The Morgan fingerprint density at radius 1 is 1.32 bits per heavy atom. The van der Waals surface area contributed by atoms with E-state index in [1.807, 2.05) is 11.6 Å². The van der Waals surface area contributed by atoms with Crippen molar-refractivity contribution in [2.45, 2.75) is 31.8 Å². The maximum Gasteiger partial charge on any atom is 0.0865 e. The first kappa shape index (κ1) is 14.3. The maximum absolute atomic E-state index is 6.28. The zero-order valence-electron chi connectivity index (χ0n) is 11.4. The van der Waals surface area contributed by atoms with Crippen LogP contribution in [-0.2, 0) is 13.1 Å². The molecule has 3 nitrogen and oxygen atoms in total. The van der Waals surface area contributed by atoms with Crippen LogP contribution in [0.15, 0.2) is 29.2 Å². The van der Waals surface area contributed by atoms with Gasteiger partial charge in [-0.25, -0.2) is 0 Å². The molecule has 0 saturated heterocycles. The van der Waals surface area contributed by atoms with Gasteiger partial charge in [-0.05, 0) is 44.4 Å². The van der Waals surface area contributed by atoms with E-state index in [1.165, 1.54) is 4.90 Å². The molecule has 19 heavy (non-hydrogen) atoms. The normalized spacial score (nSPS) is 10.7. The van der Waals surface area contributed by atoms with E-state index < -0.39 is 0 Å². The fraction of sp³-hybridized carbons (Fsp3) is 0.357. The van der Waals surface area contributed by atoms with Crippen LogP contribution in [0, 0.1) is 6.92 Å². The summed E-state index contributed by atoms with van der Waals surface area (Å²) < 4.78 is 1.95. The average molecular weight is 296 g/mol. The number of benzene rings is 1. The molecular formula is C14H18ClN3S. The molecular weight excluding hydrogens is 278 g/mol. The Morgan fingerprint density at radius 3 is 2.58 bits per heavy atom. The van der Waals surface area contributed by atoms with Gasteiger partial charge in [0.2, 0.25) is 0 Å². The predicted molar refractivity (Wildman–Crippen MR) is 83.2 cm³/mol. The molecule has 0 spiro atoms. The fourth-order valence-electron chi connectivity index (χ4n) is 1.93. The summed E-state index contributed by atoms with van der Waals surface area (Å²) in [4.78, 5) is 1.26. The summed E-state index contributed by atoms with van der Waals surface area (Å²) in [6.07, 6.45) is 2.07. The first-order chi connectivity index (χ1) is 9.15. The van der Waals surface area contributed by atoms with Crippen LogP contribution in [0.25, 0.3) is 0 Å². The van der Waals surface area contributed by atoms with Crippen molar-refractivity contribution in [1.29, 1.82) is 0 Å². The summed E-state index contributed by atoms with van der Waals surface area (Å²) in [5, 5.41) is 8.56. The van der Waals surface area contributed by atoms with Gasteiger partial charge in [0.1, 0.15) is 0 Å². The Bertz CT molecular complexity index is 549. The summed E-state index contributed by atoms with van der Waals surface area (Å²) >= 11 is 8.02. The number of thioether (sulfide) groups is 1. The number of aromatic nitrogens is 2. The highest BCUT2D eigenvalue weighted by Gasteiger charge is 2.11. The maximum atomic E-state index is 6.28. The average Bonchev–Trinajstić information content (AvgIpc) is 2.72. The van der Waals surface area contributed by atoms with Crippen molar-refractivity contribution in [3.8, 4) is 0 Å². The molecule has 0 radical (unpaired) electrons. The molecule has 0 aliphatic carbocycles. The van der Waals surface area contributed by atoms with Crippen LogP contribution in [0.3, 0.4) is 0 Å². The highest BCUT2D eigenvalue weighted by Crippen LogP contribution is 2.22. The van der Waals surface area contributed by atoms with Crippen molar-refractivity contribution in [2.75, 3.05) is 11.6 Å². The van der Waals surface area contributed by atoms with Gasteiger partial charge in [0.25, 0.3) is 0 Å². The number of aryl methyl sites for hydroxylation is 2. The molecule has 0 aliphatic heterocycles. The number of rotatable bonds is 5. The van der Waals surface area contributed by atoms with Crippen LogP contribution in [0.2, 0.25) is 5.02 Å². The topological polar surface area (TPSA) is 29.9 Å². The highest BCUT2D eigenvalue weighted by molar-refractivity contribution is 7.98. The molecule has 0 amide bonds. The standard InChI is InChI=1S/C14H18ClN3S/c1-4-18-13(14(15)10(2)17-18)9-16-11-5-7-12(19-3)8-6-11/h5-8,16H,4,9H2,1-3H3. The Kier molecular flexibility index (Phi) is 4.77. The van der Waals surface area contributed by atoms with E-state index in [0.29, 0.717) is 6.54 Å². The molecule has 0 atom stereocenters. The lowest BCUT2D eigenvalue weighted by atomic mass is 10.3. The smallest absolute Gasteiger partial charge is 0.0865 e. The molecule has 1 N–H and O–H groups in total. The molecule has 5 heteroatoms. The monoisotopic (exact) mass is 295 g/mol. The second-order valence-electron chi connectivity index (χ2n) is 4.24. The number of nitrogens with zero attached hydrogens (tertiary/aromatic N) is 2. The van der Waals surface area contributed by atoms with Gasteiger partial charge in [0.15, 0.2) is 0 Å². The van der Waals surface area contributed by atoms with Crippen LogP contribution < -0.4 is 5.32 Å². The van der Waals surface area contributed by atoms with E-state index in [-0.39, 0.29) is 0 Å². The molecule has 0 unspecified atom stereocenters. The summed E-state index contributed by atoms with van der Waals surface area (Å²) in [7, 11) is 0. The van der Waals surface area contributed by atoms with Crippen molar-refractivity contribution in [1.82, 2.24) is 9.78 Å². The number of anilines is 1. The lowest BCUT2D eigenvalue weighted by Crippen LogP contribution is -2.08. The molecule has 1 aromatic heterocycles. The van der Waals surface area contributed by atoms with Gasteiger partial charge in [-0.2, -0.15) is 5.10 Å². The SMILES string of the molecule is CCn1nc(C)c(Cl)c1CNc1ccc(SC)cc1. The molecule has 0 fully saturated rings. The minimum atomic E-state index is 0.687. The van der Waals surface area contributed by atoms with Crippen LogP contribution in [-0.4, -0.2) is 16.0 Å². The van der Waals surface area contributed by atoms with Gasteiger partial charge in [-0.15, -0.1) is 11.8 Å². The van der Waals surface area contributed by atoms with E-state index in [9.17, 15) is 0 Å². The third kappa shape index (κ3) is 3.25. The molecule has 0 bridgehead atoms. The second-order valence-corrected chi connectivity index (χ2v) is 5.50. The lowest BCUT2D eigenvalue weighted by molar-refractivity contribution is 0.623. The van der Waals surface area contributed by atoms with E-state index >= 15 is 0 Å². The Balaban J connectivity index is 2.09. The van der Waals surface area contributed by atoms with E-state index in [0.717, 1.165) is 28.6 Å². The van der Waals surface area contributed by atoms with Crippen LogP contribution in [0.4, 0.5) is 5.69 Å². The van der Waals surface area contributed by atoms with Crippen molar-refractivity contribution >= 4 is 29.1 Å². The number of hydrogen-bond donors (Lipinski definition) is 1. The molecule has 102 valence electrons. The first-order valence-corrected chi connectivity index (χ1v) is 7.85. The van der Waals surface area contributed by atoms with E-state index in [2.05, 4.69) is 47.9 Å². The first-order valence-electron chi connectivity index (χ1n) is 6.25. The minimum absolute atomic E-state index is 0.687. The predicted octanol–water partition coefficient (Wildman–Crippen LogP) is 4.20. The number of hydrogen-bond acceptors (Lipinski definition) is 3. The molecule has 2 aromatic rings. The van der Waals surface area contributed by atoms with Gasteiger partial charge in [-0.3, -0.25) is 4.68 Å². The van der Waals surface area contributed by atoms with Crippen molar-refractivity contribution < 1.29 is 0 Å². The van der Waals surface area contributed by atoms with Gasteiger partial charge >= 0.3 is 0 Å². The number of nitrogens with one attached hydrogen (secondary N) is 1. The van der Waals surface area contributed by atoms with Gasteiger partial charge in [0.05, 0.1) is 23.0 Å². The van der Waals surface area contributed by atoms with E-state index in [1.54, 1.807) is 11.8 Å². The van der Waals surface area contributed by atoms with E-state index in [4.69, 9.17) is 11.6 Å². The zero-order valence-corrected chi connectivity index (χ0v) is 13.0. The lowest BCUT2D eigenvalue weighted by Gasteiger charge is -2.09. The molecule has 1 aromatic carbocycles. The van der Waals surface area contributed by atoms with Gasteiger partial charge in [-0.1, -0.05) is 11.6 Å². The third-order valence-electron chi connectivity index (χ3n) is 3.00. The third-order valence-corrected chi connectivity index (χ3v) is 4.24.